The van der Waals surface area contributed by atoms with E-state index in [0.29, 0.717) is 18.7 Å². The molecule has 7 nitrogen and oxygen atoms in total. The number of methoxy groups -OCH3 is 1. The third-order valence-corrected chi connectivity index (χ3v) is 7.98. The Labute approximate surface area is 195 Å². The van der Waals surface area contributed by atoms with Gasteiger partial charge in [-0.25, -0.2) is 13.2 Å². The van der Waals surface area contributed by atoms with E-state index in [4.69, 9.17) is 9.47 Å². The zero-order valence-corrected chi connectivity index (χ0v) is 20.5. The fourth-order valence-corrected chi connectivity index (χ4v) is 5.68. The summed E-state index contributed by atoms with van der Waals surface area (Å²) in [6.45, 7) is 6.17. The Bertz CT molecular complexity index is 1150. The number of benzene rings is 2. The predicted molar refractivity (Wildman–Crippen MR) is 125 cm³/mol. The molecule has 1 aliphatic heterocycles. The number of aryl methyl sites for hydroxylation is 3. The third kappa shape index (κ3) is 5.62. The predicted octanol–water partition coefficient (Wildman–Crippen LogP) is 4.22. The third-order valence-electron chi connectivity index (χ3n) is 6.06. The lowest BCUT2D eigenvalue weighted by Crippen LogP contribution is -2.32. The first kappa shape index (κ1) is 24.9. The van der Waals surface area contributed by atoms with E-state index in [1.54, 1.807) is 6.07 Å². The van der Waals surface area contributed by atoms with Crippen molar-refractivity contribution in [3.63, 3.8) is 0 Å². The average Bonchev–Trinajstić information content (AvgIpc) is 3.09. The normalized spacial score (nSPS) is 15.0. The Morgan fingerprint density at radius 2 is 1.55 bits per heavy atom. The van der Waals surface area contributed by atoms with Gasteiger partial charge in [-0.1, -0.05) is 18.9 Å². The largest absolute Gasteiger partial charge is 0.495 e. The smallest absolute Gasteiger partial charge is 0.338 e. The fraction of sp³-hybridized carbons (Fsp3) is 0.440. The molecule has 1 saturated heterocycles. The van der Waals surface area contributed by atoms with Gasteiger partial charge in [0.15, 0.2) is 6.61 Å². The zero-order chi connectivity index (χ0) is 24.2. The van der Waals surface area contributed by atoms with Gasteiger partial charge in [-0.2, -0.15) is 4.31 Å². The molecule has 0 amide bonds. The van der Waals surface area contributed by atoms with Crippen LogP contribution in [0.5, 0.6) is 5.75 Å². The van der Waals surface area contributed by atoms with E-state index in [9.17, 15) is 18.0 Å². The van der Waals surface area contributed by atoms with Crippen LogP contribution >= 0.6 is 0 Å². The number of sulfonamides is 1. The Morgan fingerprint density at radius 3 is 2.18 bits per heavy atom. The Hall–Kier alpha value is -2.71. The van der Waals surface area contributed by atoms with Crippen molar-refractivity contribution < 1.29 is 27.5 Å². The van der Waals surface area contributed by atoms with Crippen LogP contribution in [0.25, 0.3) is 0 Å². The molecule has 0 aliphatic carbocycles. The van der Waals surface area contributed by atoms with E-state index >= 15 is 0 Å². The second kappa shape index (κ2) is 10.5. The van der Waals surface area contributed by atoms with Gasteiger partial charge in [0, 0.05) is 18.7 Å². The number of nitrogens with zero attached hydrogens (tertiary/aromatic N) is 1. The Balaban J connectivity index is 1.80. The van der Waals surface area contributed by atoms with Gasteiger partial charge in [-0.05, 0) is 74.6 Å². The molecule has 0 unspecified atom stereocenters. The lowest BCUT2D eigenvalue weighted by molar-refractivity contribution is 0.0474. The molecule has 1 heterocycles. The molecule has 2 aromatic rings. The number of hydrogen-bond donors (Lipinski definition) is 0. The highest BCUT2D eigenvalue weighted by molar-refractivity contribution is 7.89. The summed E-state index contributed by atoms with van der Waals surface area (Å²) in [5, 5.41) is 0. The van der Waals surface area contributed by atoms with Crippen molar-refractivity contribution in [2.75, 3.05) is 26.8 Å². The highest BCUT2D eigenvalue weighted by Crippen LogP contribution is 2.29. The van der Waals surface area contributed by atoms with Gasteiger partial charge >= 0.3 is 5.97 Å². The Kier molecular flexibility index (Phi) is 7.92. The van der Waals surface area contributed by atoms with Crippen molar-refractivity contribution in [3.8, 4) is 5.75 Å². The molecule has 8 heteroatoms. The highest BCUT2D eigenvalue weighted by Gasteiger charge is 2.29. The number of carbonyl (C=O) groups is 2. The van der Waals surface area contributed by atoms with Crippen LogP contribution in [0, 0.1) is 20.8 Å². The maximum atomic E-state index is 13.3. The second-order valence-corrected chi connectivity index (χ2v) is 10.3. The second-order valence-electron chi connectivity index (χ2n) is 8.43. The molecule has 0 aromatic heterocycles. The minimum atomic E-state index is -3.84. The van der Waals surface area contributed by atoms with Gasteiger partial charge in [0.25, 0.3) is 0 Å². The lowest BCUT2D eigenvalue weighted by Gasteiger charge is -2.21. The maximum absolute atomic E-state index is 13.3. The zero-order valence-electron chi connectivity index (χ0n) is 19.6. The number of Topliss-reactive ketones (excluding diaryl/α,β-unsaturated/α-hetero) is 1. The summed E-state index contributed by atoms with van der Waals surface area (Å²) >= 11 is 0. The quantitative estimate of drug-likeness (QED) is 0.442. The number of ketones is 1. The van der Waals surface area contributed by atoms with E-state index in [0.717, 1.165) is 42.4 Å². The van der Waals surface area contributed by atoms with Crippen molar-refractivity contribution in [1.29, 1.82) is 0 Å². The summed E-state index contributed by atoms with van der Waals surface area (Å²) in [6.07, 6.45) is 3.57. The SMILES string of the molecule is COc1ccc(C(=O)OCC(=O)c2cc(C)c(C)cc2C)cc1S(=O)(=O)N1CCCCCC1. The van der Waals surface area contributed by atoms with Crippen molar-refractivity contribution in [3.05, 3.63) is 58.1 Å². The number of hydrogen-bond acceptors (Lipinski definition) is 6. The number of rotatable bonds is 7. The summed E-state index contributed by atoms with van der Waals surface area (Å²) < 4.78 is 38.5. The van der Waals surface area contributed by atoms with Gasteiger partial charge in [-0.3, -0.25) is 4.79 Å². The van der Waals surface area contributed by atoms with Gasteiger partial charge in [-0.15, -0.1) is 0 Å². The fourth-order valence-electron chi connectivity index (χ4n) is 3.98. The molecule has 0 radical (unpaired) electrons. The number of carbonyl (C=O) groups excluding carboxylic acids is 2. The summed E-state index contributed by atoms with van der Waals surface area (Å²) in [4.78, 5) is 25.2. The van der Waals surface area contributed by atoms with Crippen LogP contribution in [0.2, 0.25) is 0 Å². The molecule has 0 saturated carbocycles. The number of esters is 1. The van der Waals surface area contributed by atoms with Crippen molar-refractivity contribution in [2.24, 2.45) is 0 Å². The van der Waals surface area contributed by atoms with E-state index in [2.05, 4.69) is 0 Å². The molecule has 178 valence electrons. The summed E-state index contributed by atoms with van der Waals surface area (Å²) in [6, 6.07) is 7.87. The van der Waals surface area contributed by atoms with Crippen LogP contribution < -0.4 is 4.74 Å². The number of ether oxygens (including phenoxy) is 2. The standard InChI is InChI=1S/C25H31NO6S/c1-17-13-19(3)21(14-18(17)2)22(27)16-32-25(28)20-9-10-23(31-4)24(15-20)33(29,30)26-11-7-5-6-8-12-26/h9-10,13-15H,5-8,11-12,16H2,1-4H3. The van der Waals surface area contributed by atoms with Crippen LogP contribution in [0.15, 0.2) is 35.2 Å². The molecular formula is C25H31NO6S. The van der Waals surface area contributed by atoms with Crippen LogP contribution in [0.4, 0.5) is 0 Å². The first-order valence-electron chi connectivity index (χ1n) is 11.1. The molecule has 0 spiro atoms. The molecule has 2 aromatic carbocycles. The van der Waals surface area contributed by atoms with Gasteiger partial charge in [0.1, 0.15) is 10.6 Å². The first-order chi connectivity index (χ1) is 15.6. The van der Waals surface area contributed by atoms with Gasteiger partial charge in [0.2, 0.25) is 15.8 Å². The van der Waals surface area contributed by atoms with E-state index in [1.165, 1.54) is 29.6 Å². The van der Waals surface area contributed by atoms with E-state index in [1.807, 2.05) is 26.8 Å². The Morgan fingerprint density at radius 1 is 0.909 bits per heavy atom. The van der Waals surface area contributed by atoms with Gasteiger partial charge < -0.3 is 9.47 Å². The minimum Gasteiger partial charge on any atom is -0.495 e. The average molecular weight is 474 g/mol. The first-order valence-corrected chi connectivity index (χ1v) is 12.6. The molecule has 33 heavy (non-hydrogen) atoms. The molecular weight excluding hydrogens is 442 g/mol. The maximum Gasteiger partial charge on any atom is 0.338 e. The van der Waals surface area contributed by atoms with Gasteiger partial charge in [0.05, 0.1) is 12.7 Å². The minimum absolute atomic E-state index is 0.0498. The molecule has 1 aliphatic rings. The van der Waals surface area contributed by atoms with Crippen molar-refractivity contribution in [2.45, 2.75) is 51.3 Å². The van der Waals surface area contributed by atoms with Crippen molar-refractivity contribution >= 4 is 21.8 Å². The molecule has 3 rings (SSSR count). The summed E-state index contributed by atoms with van der Waals surface area (Å²) in [5.74, 6) is -0.910. The summed E-state index contributed by atoms with van der Waals surface area (Å²) in [5.41, 5.74) is 3.43. The molecule has 0 N–H and O–H groups in total. The van der Waals surface area contributed by atoms with Crippen LogP contribution in [0.3, 0.4) is 0 Å². The van der Waals surface area contributed by atoms with E-state index < -0.39 is 22.6 Å². The van der Waals surface area contributed by atoms with Crippen molar-refractivity contribution in [1.82, 2.24) is 4.31 Å². The topological polar surface area (TPSA) is 90.0 Å². The monoisotopic (exact) mass is 473 g/mol. The van der Waals surface area contributed by atoms with Crippen LogP contribution in [-0.4, -0.2) is 51.3 Å². The molecule has 0 atom stereocenters. The van der Waals surface area contributed by atoms with E-state index in [-0.39, 0.29) is 22.0 Å². The van der Waals surface area contributed by atoms with Crippen LogP contribution in [0.1, 0.15) is 63.1 Å². The molecule has 1 fully saturated rings. The molecule has 0 bridgehead atoms. The highest BCUT2D eigenvalue weighted by atomic mass is 32.2. The van der Waals surface area contributed by atoms with Crippen LogP contribution in [-0.2, 0) is 14.8 Å². The summed E-state index contributed by atoms with van der Waals surface area (Å²) in [7, 11) is -2.45. The lowest BCUT2D eigenvalue weighted by atomic mass is 9.98.